The van der Waals surface area contributed by atoms with Gasteiger partial charge in [-0.05, 0) is 29.8 Å². The lowest BCUT2D eigenvalue weighted by Crippen LogP contribution is -2.36. The molecule has 2 aromatic rings. The number of carbonyl (C=O) groups excluding carboxylic acids is 3. The minimum atomic E-state index is -0.424. The molecule has 1 saturated heterocycles. The van der Waals surface area contributed by atoms with Crippen LogP contribution in [0.5, 0.6) is 0 Å². The van der Waals surface area contributed by atoms with Crippen molar-refractivity contribution in [3.05, 3.63) is 66.0 Å². The van der Waals surface area contributed by atoms with Crippen LogP contribution in [0.1, 0.15) is 12.0 Å². The molecule has 26 heavy (non-hydrogen) atoms. The summed E-state index contributed by atoms with van der Waals surface area (Å²) in [4.78, 5) is 38.9. The third-order valence-corrected chi connectivity index (χ3v) is 4.09. The minimum absolute atomic E-state index is 0.0152. The van der Waals surface area contributed by atoms with E-state index in [9.17, 15) is 18.8 Å². The van der Waals surface area contributed by atoms with E-state index in [1.54, 1.807) is 36.4 Å². The number of hydrogen-bond donors (Lipinski definition) is 1. The second-order valence-corrected chi connectivity index (χ2v) is 5.90. The van der Waals surface area contributed by atoms with Gasteiger partial charge in [-0.25, -0.2) is 9.18 Å². The van der Waals surface area contributed by atoms with Crippen molar-refractivity contribution in [3.8, 4) is 0 Å². The summed E-state index contributed by atoms with van der Waals surface area (Å²) in [5.74, 6) is -0.952. The van der Waals surface area contributed by atoms with Crippen molar-refractivity contribution in [3.63, 3.8) is 0 Å². The first kappa shape index (κ1) is 17.6. The van der Waals surface area contributed by atoms with Crippen LogP contribution in [0.25, 0.3) is 0 Å². The number of rotatable bonds is 6. The molecular formula is C19H18FN3O3. The molecule has 7 heteroatoms. The van der Waals surface area contributed by atoms with Crippen molar-refractivity contribution in [2.45, 2.75) is 13.0 Å². The van der Waals surface area contributed by atoms with E-state index >= 15 is 0 Å². The van der Waals surface area contributed by atoms with E-state index in [0.29, 0.717) is 5.69 Å². The van der Waals surface area contributed by atoms with Crippen molar-refractivity contribution in [1.82, 2.24) is 10.2 Å². The standard InChI is InChI=1S/C19H18FN3O3/c20-15-8-6-14(7-9-15)12-21-17(24)10-11-22-18(25)13-23(19(22)26)16-4-2-1-3-5-16/h1-9H,10-13H2,(H,21,24). The molecule has 3 rings (SSSR count). The number of nitrogens with one attached hydrogen (secondary N) is 1. The second kappa shape index (κ2) is 7.77. The molecule has 0 spiro atoms. The number of imide groups is 1. The molecule has 1 fully saturated rings. The Hall–Kier alpha value is -3.22. The van der Waals surface area contributed by atoms with E-state index in [-0.39, 0.29) is 43.7 Å². The predicted molar refractivity (Wildman–Crippen MR) is 93.8 cm³/mol. The first-order chi connectivity index (χ1) is 12.5. The van der Waals surface area contributed by atoms with Gasteiger partial charge in [0.1, 0.15) is 12.4 Å². The summed E-state index contributed by atoms with van der Waals surface area (Å²) in [5.41, 5.74) is 1.41. The molecule has 1 aliphatic heterocycles. The highest BCUT2D eigenvalue weighted by atomic mass is 19.1. The zero-order chi connectivity index (χ0) is 18.5. The topological polar surface area (TPSA) is 69.7 Å². The van der Waals surface area contributed by atoms with Crippen LogP contribution in [-0.4, -0.2) is 35.8 Å². The summed E-state index contributed by atoms with van der Waals surface area (Å²) < 4.78 is 12.8. The molecular weight excluding hydrogens is 337 g/mol. The van der Waals surface area contributed by atoms with Crippen molar-refractivity contribution < 1.29 is 18.8 Å². The lowest BCUT2D eigenvalue weighted by molar-refractivity contribution is -0.125. The summed E-state index contributed by atoms with van der Waals surface area (Å²) >= 11 is 0. The van der Waals surface area contributed by atoms with Crippen molar-refractivity contribution in [1.29, 1.82) is 0 Å². The van der Waals surface area contributed by atoms with E-state index in [1.807, 2.05) is 6.07 Å². The average Bonchev–Trinajstić information content (AvgIpc) is 2.94. The Balaban J connectivity index is 1.51. The number of urea groups is 1. The fourth-order valence-electron chi connectivity index (χ4n) is 2.68. The van der Waals surface area contributed by atoms with Crippen LogP contribution in [0.3, 0.4) is 0 Å². The number of halogens is 1. The zero-order valence-electron chi connectivity index (χ0n) is 14.0. The molecule has 0 atom stereocenters. The monoisotopic (exact) mass is 355 g/mol. The summed E-state index contributed by atoms with van der Waals surface area (Å²) in [6.45, 7) is 0.257. The molecule has 1 N–H and O–H groups in total. The molecule has 1 aliphatic rings. The molecule has 134 valence electrons. The van der Waals surface area contributed by atoms with Crippen LogP contribution in [0.15, 0.2) is 54.6 Å². The third-order valence-electron chi connectivity index (χ3n) is 4.09. The molecule has 0 radical (unpaired) electrons. The quantitative estimate of drug-likeness (QED) is 0.809. The SMILES string of the molecule is O=C(CCN1C(=O)CN(c2ccccc2)C1=O)NCc1ccc(F)cc1. The zero-order valence-corrected chi connectivity index (χ0v) is 14.0. The second-order valence-electron chi connectivity index (χ2n) is 5.90. The van der Waals surface area contributed by atoms with E-state index < -0.39 is 6.03 Å². The highest BCUT2D eigenvalue weighted by molar-refractivity contribution is 6.12. The van der Waals surface area contributed by atoms with Crippen LogP contribution >= 0.6 is 0 Å². The predicted octanol–water partition coefficient (Wildman–Crippen LogP) is 2.30. The Labute approximate surface area is 150 Å². The van der Waals surface area contributed by atoms with E-state index in [4.69, 9.17) is 0 Å². The molecule has 0 unspecified atom stereocenters. The minimum Gasteiger partial charge on any atom is -0.352 e. The number of hydrogen-bond acceptors (Lipinski definition) is 3. The van der Waals surface area contributed by atoms with Crippen LogP contribution < -0.4 is 10.2 Å². The fraction of sp³-hybridized carbons (Fsp3) is 0.211. The Morgan fingerprint density at radius 2 is 1.73 bits per heavy atom. The van der Waals surface area contributed by atoms with Crippen LogP contribution in [-0.2, 0) is 16.1 Å². The van der Waals surface area contributed by atoms with E-state index in [1.165, 1.54) is 17.0 Å². The maximum atomic E-state index is 12.8. The van der Waals surface area contributed by atoms with Gasteiger partial charge in [0.15, 0.2) is 0 Å². The van der Waals surface area contributed by atoms with Crippen molar-refractivity contribution in [2.24, 2.45) is 0 Å². The van der Waals surface area contributed by atoms with Gasteiger partial charge in [-0.2, -0.15) is 0 Å². The molecule has 1 heterocycles. The maximum Gasteiger partial charge on any atom is 0.331 e. The van der Waals surface area contributed by atoms with Gasteiger partial charge in [0.2, 0.25) is 5.91 Å². The molecule has 2 aromatic carbocycles. The van der Waals surface area contributed by atoms with Gasteiger partial charge in [-0.3, -0.25) is 19.4 Å². The normalized spacial score (nSPS) is 14.0. The molecule has 6 nitrogen and oxygen atoms in total. The van der Waals surface area contributed by atoms with Gasteiger partial charge >= 0.3 is 6.03 Å². The van der Waals surface area contributed by atoms with E-state index in [0.717, 1.165) is 10.5 Å². The Morgan fingerprint density at radius 3 is 2.42 bits per heavy atom. The summed E-state index contributed by atoms with van der Waals surface area (Å²) in [6, 6.07) is 14.3. The largest absolute Gasteiger partial charge is 0.352 e. The number of para-hydroxylation sites is 1. The number of anilines is 1. The third kappa shape index (κ3) is 4.05. The highest BCUT2D eigenvalue weighted by Gasteiger charge is 2.36. The average molecular weight is 355 g/mol. The van der Waals surface area contributed by atoms with Crippen molar-refractivity contribution in [2.75, 3.05) is 18.0 Å². The van der Waals surface area contributed by atoms with Gasteiger partial charge in [0.25, 0.3) is 5.91 Å². The van der Waals surface area contributed by atoms with Gasteiger partial charge in [-0.1, -0.05) is 30.3 Å². The Bertz CT molecular complexity index is 809. The Kier molecular flexibility index (Phi) is 5.26. The number of nitrogens with zero attached hydrogens (tertiary/aromatic N) is 2. The summed E-state index contributed by atoms with van der Waals surface area (Å²) in [7, 11) is 0. The lowest BCUT2D eigenvalue weighted by Gasteiger charge is -2.17. The van der Waals surface area contributed by atoms with Gasteiger partial charge < -0.3 is 5.32 Å². The Morgan fingerprint density at radius 1 is 1.04 bits per heavy atom. The van der Waals surface area contributed by atoms with Gasteiger partial charge in [0, 0.05) is 25.2 Å². The summed E-state index contributed by atoms with van der Waals surface area (Å²) in [5, 5.41) is 2.69. The first-order valence-electron chi connectivity index (χ1n) is 8.22. The van der Waals surface area contributed by atoms with Crippen LogP contribution in [0, 0.1) is 5.82 Å². The van der Waals surface area contributed by atoms with Crippen molar-refractivity contribution >= 4 is 23.5 Å². The van der Waals surface area contributed by atoms with Gasteiger partial charge in [-0.15, -0.1) is 0 Å². The van der Waals surface area contributed by atoms with E-state index in [2.05, 4.69) is 5.32 Å². The molecule has 0 bridgehead atoms. The number of amides is 4. The molecule has 4 amide bonds. The number of benzene rings is 2. The van der Waals surface area contributed by atoms with Crippen LogP contribution in [0.4, 0.5) is 14.9 Å². The molecule has 0 aromatic heterocycles. The highest BCUT2D eigenvalue weighted by Crippen LogP contribution is 2.20. The number of carbonyl (C=O) groups is 3. The fourth-order valence-corrected chi connectivity index (χ4v) is 2.68. The smallest absolute Gasteiger partial charge is 0.331 e. The first-order valence-corrected chi connectivity index (χ1v) is 8.22. The van der Waals surface area contributed by atoms with Crippen LogP contribution in [0.2, 0.25) is 0 Å². The maximum absolute atomic E-state index is 12.8. The summed E-state index contributed by atoms with van der Waals surface area (Å²) in [6.07, 6.45) is 0.0152. The molecule has 0 saturated carbocycles. The lowest BCUT2D eigenvalue weighted by atomic mass is 10.2. The molecule has 0 aliphatic carbocycles. The van der Waals surface area contributed by atoms with Gasteiger partial charge in [0.05, 0.1) is 0 Å².